The first-order chi connectivity index (χ1) is 8.81. The lowest BCUT2D eigenvalue weighted by Crippen LogP contribution is -2.56. The third kappa shape index (κ3) is 3.59. The predicted octanol–water partition coefficient (Wildman–Crippen LogP) is 0.769. The van der Waals surface area contributed by atoms with E-state index in [0.29, 0.717) is 13.0 Å². The molecule has 1 rings (SSSR count). The molecule has 1 heterocycles. The maximum atomic E-state index is 12.4. The van der Waals surface area contributed by atoms with E-state index in [1.807, 2.05) is 6.92 Å². The molecule has 1 unspecified atom stereocenters. The van der Waals surface area contributed by atoms with E-state index in [4.69, 9.17) is 5.26 Å². The van der Waals surface area contributed by atoms with Crippen LogP contribution in [0.2, 0.25) is 0 Å². The molecule has 2 amide bonds. The van der Waals surface area contributed by atoms with Gasteiger partial charge in [-0.2, -0.15) is 18.4 Å². The Morgan fingerprint density at radius 1 is 1.26 bits per heavy atom. The maximum absolute atomic E-state index is 12.4. The highest BCUT2D eigenvalue weighted by atomic mass is 19.4. The standard InChI is InChI=1S/C11H14F3N3O2/c1-2-3-16-4-5-17(10(19)9(16)18)7-8(6-15)11(12,13)14/h8H,2-5,7H2,1H3. The topological polar surface area (TPSA) is 64.4 Å². The van der Waals surface area contributed by atoms with Gasteiger partial charge in [0.1, 0.15) is 0 Å². The number of alkyl halides is 3. The van der Waals surface area contributed by atoms with Gasteiger partial charge in [0.25, 0.3) is 0 Å². The zero-order chi connectivity index (χ0) is 14.6. The molecule has 0 aliphatic carbocycles. The second kappa shape index (κ2) is 5.91. The van der Waals surface area contributed by atoms with Gasteiger partial charge in [-0.05, 0) is 6.42 Å². The summed E-state index contributed by atoms with van der Waals surface area (Å²) in [4.78, 5) is 25.4. The molecular weight excluding hydrogens is 263 g/mol. The highest BCUT2D eigenvalue weighted by Crippen LogP contribution is 2.26. The summed E-state index contributed by atoms with van der Waals surface area (Å²) in [5, 5.41) is 8.48. The van der Waals surface area contributed by atoms with Crippen molar-refractivity contribution in [1.82, 2.24) is 9.80 Å². The van der Waals surface area contributed by atoms with Crippen LogP contribution in [0.3, 0.4) is 0 Å². The van der Waals surface area contributed by atoms with E-state index in [1.54, 1.807) is 0 Å². The van der Waals surface area contributed by atoms with Gasteiger partial charge in [0, 0.05) is 26.2 Å². The van der Waals surface area contributed by atoms with Gasteiger partial charge in [-0.25, -0.2) is 0 Å². The molecule has 0 N–H and O–H groups in total. The fourth-order valence-corrected chi connectivity index (χ4v) is 1.81. The molecule has 1 saturated heterocycles. The van der Waals surface area contributed by atoms with Crippen LogP contribution in [-0.4, -0.2) is 54.0 Å². The minimum absolute atomic E-state index is 0.0266. The molecule has 1 fully saturated rings. The molecule has 8 heteroatoms. The quantitative estimate of drug-likeness (QED) is 0.713. The molecule has 1 aliphatic heterocycles. The fourth-order valence-electron chi connectivity index (χ4n) is 1.81. The van der Waals surface area contributed by atoms with Gasteiger partial charge in [-0.3, -0.25) is 9.59 Å². The molecule has 1 aliphatic rings. The molecule has 0 aromatic rings. The number of carbonyl (C=O) groups excluding carboxylic acids is 2. The van der Waals surface area contributed by atoms with Crippen molar-refractivity contribution < 1.29 is 22.8 Å². The second-order valence-electron chi connectivity index (χ2n) is 4.27. The van der Waals surface area contributed by atoms with Crippen LogP contribution in [0.25, 0.3) is 0 Å². The number of amides is 2. The number of nitrogens with zero attached hydrogens (tertiary/aromatic N) is 3. The van der Waals surface area contributed by atoms with Gasteiger partial charge in [0.2, 0.25) is 0 Å². The van der Waals surface area contributed by atoms with E-state index in [-0.39, 0.29) is 13.1 Å². The largest absolute Gasteiger partial charge is 0.406 e. The van der Waals surface area contributed by atoms with E-state index in [0.717, 1.165) is 11.0 Å². The zero-order valence-corrected chi connectivity index (χ0v) is 10.4. The summed E-state index contributed by atoms with van der Waals surface area (Å²) < 4.78 is 37.3. The summed E-state index contributed by atoms with van der Waals surface area (Å²) >= 11 is 0. The number of halogens is 3. The fraction of sp³-hybridized carbons (Fsp3) is 0.727. The van der Waals surface area contributed by atoms with Crippen LogP contribution >= 0.6 is 0 Å². The summed E-state index contributed by atoms with van der Waals surface area (Å²) in [5.74, 6) is -4.03. The van der Waals surface area contributed by atoms with Crippen molar-refractivity contribution >= 4 is 11.8 Å². The molecule has 0 aromatic carbocycles. The van der Waals surface area contributed by atoms with Crippen molar-refractivity contribution in [2.45, 2.75) is 19.5 Å². The first kappa shape index (κ1) is 15.3. The molecule has 1 atom stereocenters. The van der Waals surface area contributed by atoms with E-state index in [9.17, 15) is 22.8 Å². The lowest BCUT2D eigenvalue weighted by Gasteiger charge is -2.34. The number of rotatable bonds is 4. The lowest BCUT2D eigenvalue weighted by molar-refractivity contribution is -0.171. The van der Waals surface area contributed by atoms with Gasteiger partial charge in [0.05, 0.1) is 6.07 Å². The Kier molecular flexibility index (Phi) is 4.75. The maximum Gasteiger partial charge on any atom is 0.406 e. The first-order valence-electron chi connectivity index (χ1n) is 5.85. The van der Waals surface area contributed by atoms with Crippen molar-refractivity contribution in [3.8, 4) is 6.07 Å². The SMILES string of the molecule is CCCN1CCN(CC(C#N)C(F)(F)F)C(=O)C1=O. The molecule has 0 bridgehead atoms. The Hall–Kier alpha value is -1.78. The summed E-state index contributed by atoms with van der Waals surface area (Å²) in [6, 6.07) is 1.12. The molecule has 5 nitrogen and oxygen atoms in total. The molecule has 19 heavy (non-hydrogen) atoms. The Bertz CT molecular complexity index is 403. The van der Waals surface area contributed by atoms with Gasteiger partial charge in [-0.15, -0.1) is 0 Å². The highest BCUT2D eigenvalue weighted by Gasteiger charge is 2.43. The van der Waals surface area contributed by atoms with E-state index in [2.05, 4.69) is 0 Å². The molecule has 106 valence electrons. The normalized spacial score (nSPS) is 18.5. The van der Waals surface area contributed by atoms with Crippen molar-refractivity contribution in [3.63, 3.8) is 0 Å². The molecular formula is C11H14F3N3O2. The van der Waals surface area contributed by atoms with Gasteiger partial charge in [0.15, 0.2) is 5.92 Å². The number of nitriles is 1. The molecule has 0 spiro atoms. The van der Waals surface area contributed by atoms with Crippen LogP contribution in [-0.2, 0) is 9.59 Å². The van der Waals surface area contributed by atoms with Crippen molar-refractivity contribution in [2.24, 2.45) is 5.92 Å². The van der Waals surface area contributed by atoms with Crippen LogP contribution in [0, 0.1) is 17.2 Å². The number of carbonyl (C=O) groups is 2. The van der Waals surface area contributed by atoms with E-state index in [1.165, 1.54) is 4.90 Å². The Morgan fingerprint density at radius 2 is 1.79 bits per heavy atom. The van der Waals surface area contributed by atoms with Gasteiger partial charge < -0.3 is 9.80 Å². The van der Waals surface area contributed by atoms with Crippen LogP contribution < -0.4 is 0 Å². The number of hydrogen-bond acceptors (Lipinski definition) is 3. The smallest absolute Gasteiger partial charge is 0.333 e. The third-order valence-electron chi connectivity index (χ3n) is 2.84. The molecule has 0 saturated carbocycles. The summed E-state index contributed by atoms with van der Waals surface area (Å²) in [7, 11) is 0. The molecule has 0 aromatic heterocycles. The van der Waals surface area contributed by atoms with Crippen LogP contribution in [0.15, 0.2) is 0 Å². The second-order valence-corrected chi connectivity index (χ2v) is 4.27. The van der Waals surface area contributed by atoms with Gasteiger partial charge in [-0.1, -0.05) is 6.92 Å². The average molecular weight is 277 g/mol. The molecule has 0 radical (unpaired) electrons. The van der Waals surface area contributed by atoms with E-state index >= 15 is 0 Å². The van der Waals surface area contributed by atoms with Crippen LogP contribution in [0.1, 0.15) is 13.3 Å². The number of hydrogen-bond donors (Lipinski definition) is 0. The van der Waals surface area contributed by atoms with Crippen LogP contribution in [0.5, 0.6) is 0 Å². The highest BCUT2D eigenvalue weighted by molar-refractivity contribution is 6.35. The predicted molar refractivity (Wildman–Crippen MR) is 58.6 cm³/mol. The minimum atomic E-state index is -4.70. The zero-order valence-electron chi connectivity index (χ0n) is 10.4. The Balaban J connectivity index is 2.70. The third-order valence-corrected chi connectivity index (χ3v) is 2.84. The Labute approximate surface area is 108 Å². The first-order valence-corrected chi connectivity index (χ1v) is 5.85. The average Bonchev–Trinajstić information content (AvgIpc) is 2.33. The summed E-state index contributed by atoms with van der Waals surface area (Å²) in [6.07, 6.45) is -4.03. The number of piperazine rings is 1. The van der Waals surface area contributed by atoms with Crippen molar-refractivity contribution in [3.05, 3.63) is 0 Å². The van der Waals surface area contributed by atoms with Crippen LogP contribution in [0.4, 0.5) is 13.2 Å². The summed E-state index contributed by atoms with van der Waals surface area (Å²) in [5.41, 5.74) is 0. The Morgan fingerprint density at radius 3 is 2.26 bits per heavy atom. The lowest BCUT2D eigenvalue weighted by atomic mass is 10.1. The monoisotopic (exact) mass is 277 g/mol. The van der Waals surface area contributed by atoms with Gasteiger partial charge >= 0.3 is 18.0 Å². The van der Waals surface area contributed by atoms with Crippen molar-refractivity contribution in [2.75, 3.05) is 26.2 Å². The minimum Gasteiger partial charge on any atom is -0.333 e. The summed E-state index contributed by atoms with van der Waals surface area (Å²) in [6.45, 7) is 1.68. The van der Waals surface area contributed by atoms with Crippen molar-refractivity contribution in [1.29, 1.82) is 5.26 Å². The van der Waals surface area contributed by atoms with E-state index < -0.39 is 30.5 Å².